The molecule has 88 valence electrons. The van der Waals surface area contributed by atoms with Gasteiger partial charge in [0.1, 0.15) is 12.4 Å². The number of rotatable bonds is 4. The number of nitrogens with zero attached hydrogens (tertiary/aromatic N) is 1. The highest BCUT2D eigenvalue weighted by atomic mass is 35.5. The first-order valence-electron chi connectivity index (χ1n) is 4.94. The van der Waals surface area contributed by atoms with Gasteiger partial charge in [0.2, 0.25) is 0 Å². The average molecular weight is 259 g/mol. The Morgan fingerprint density at radius 3 is 2.94 bits per heavy atom. The molecule has 0 bridgehead atoms. The van der Waals surface area contributed by atoms with Gasteiger partial charge in [0.15, 0.2) is 5.11 Å². The van der Waals surface area contributed by atoms with Crippen molar-refractivity contribution in [2.75, 3.05) is 27.2 Å². The lowest BCUT2D eigenvalue weighted by molar-refractivity contribution is 0.283. The number of ether oxygens (including phenoxy) is 1. The molecule has 1 N–H and O–H groups in total. The van der Waals surface area contributed by atoms with Crippen LogP contribution in [0.4, 0.5) is 0 Å². The Morgan fingerprint density at radius 2 is 2.31 bits per heavy atom. The van der Waals surface area contributed by atoms with Crippen molar-refractivity contribution < 1.29 is 4.74 Å². The van der Waals surface area contributed by atoms with Crippen LogP contribution in [0.3, 0.4) is 0 Å². The molecule has 3 nitrogen and oxygen atoms in total. The number of likely N-dealkylation sites (N-methyl/N-ethyl adjacent to an activating group) is 1. The Kier molecular flexibility index (Phi) is 5.35. The van der Waals surface area contributed by atoms with Gasteiger partial charge in [-0.1, -0.05) is 17.7 Å². The third kappa shape index (κ3) is 4.24. The van der Waals surface area contributed by atoms with Gasteiger partial charge in [-0.3, -0.25) is 0 Å². The molecular formula is C11H15ClN2OS. The first kappa shape index (κ1) is 13.1. The summed E-state index contributed by atoms with van der Waals surface area (Å²) >= 11 is 10.9. The maximum atomic E-state index is 5.84. The lowest BCUT2D eigenvalue weighted by atomic mass is 10.3. The van der Waals surface area contributed by atoms with Crippen molar-refractivity contribution in [1.82, 2.24) is 10.2 Å². The SMILES string of the molecule is CNC(=S)N(C)CCOc1cccc(Cl)c1. The quantitative estimate of drug-likeness (QED) is 0.837. The lowest BCUT2D eigenvalue weighted by Crippen LogP contribution is -2.37. The standard InChI is InChI=1S/C11H15ClN2OS/c1-13-11(16)14(2)6-7-15-10-5-3-4-9(12)8-10/h3-5,8H,6-7H2,1-2H3,(H,13,16). The minimum Gasteiger partial charge on any atom is -0.492 e. The molecule has 0 saturated carbocycles. The van der Waals surface area contributed by atoms with Gasteiger partial charge in [0, 0.05) is 19.1 Å². The number of hydrogen-bond acceptors (Lipinski definition) is 2. The lowest BCUT2D eigenvalue weighted by Gasteiger charge is -2.19. The van der Waals surface area contributed by atoms with E-state index in [4.69, 9.17) is 28.6 Å². The molecule has 0 aromatic heterocycles. The number of thiocarbonyl (C=S) groups is 1. The van der Waals surface area contributed by atoms with Crippen LogP contribution >= 0.6 is 23.8 Å². The topological polar surface area (TPSA) is 24.5 Å². The van der Waals surface area contributed by atoms with Gasteiger partial charge < -0.3 is 15.0 Å². The van der Waals surface area contributed by atoms with Gasteiger partial charge in [-0.2, -0.15) is 0 Å². The average Bonchev–Trinajstić information content (AvgIpc) is 2.28. The van der Waals surface area contributed by atoms with E-state index in [-0.39, 0.29) is 0 Å². The van der Waals surface area contributed by atoms with E-state index in [1.165, 1.54) is 0 Å². The summed E-state index contributed by atoms with van der Waals surface area (Å²) in [6.45, 7) is 1.30. The molecule has 1 aromatic rings. The molecule has 0 saturated heterocycles. The van der Waals surface area contributed by atoms with Crippen LogP contribution in [0.15, 0.2) is 24.3 Å². The number of benzene rings is 1. The van der Waals surface area contributed by atoms with Crippen LogP contribution in [0.25, 0.3) is 0 Å². The number of nitrogens with one attached hydrogen (secondary N) is 1. The summed E-state index contributed by atoms with van der Waals surface area (Å²) in [6, 6.07) is 7.34. The third-order valence-corrected chi connectivity index (χ3v) is 2.80. The van der Waals surface area contributed by atoms with E-state index in [0.29, 0.717) is 16.7 Å². The predicted molar refractivity (Wildman–Crippen MR) is 71.2 cm³/mol. The van der Waals surface area contributed by atoms with Crippen LogP contribution in [-0.2, 0) is 0 Å². The highest BCUT2D eigenvalue weighted by molar-refractivity contribution is 7.80. The summed E-state index contributed by atoms with van der Waals surface area (Å²) in [5, 5.41) is 4.28. The van der Waals surface area contributed by atoms with Crippen molar-refractivity contribution in [3.05, 3.63) is 29.3 Å². The molecule has 0 spiro atoms. The van der Waals surface area contributed by atoms with E-state index >= 15 is 0 Å². The van der Waals surface area contributed by atoms with Crippen LogP contribution < -0.4 is 10.1 Å². The summed E-state index contributed by atoms with van der Waals surface area (Å²) < 4.78 is 5.54. The van der Waals surface area contributed by atoms with Crippen molar-refractivity contribution >= 4 is 28.9 Å². The monoisotopic (exact) mass is 258 g/mol. The van der Waals surface area contributed by atoms with Crippen LogP contribution in [0.1, 0.15) is 0 Å². The van der Waals surface area contributed by atoms with Gasteiger partial charge in [-0.25, -0.2) is 0 Å². The zero-order chi connectivity index (χ0) is 12.0. The van der Waals surface area contributed by atoms with Gasteiger partial charge >= 0.3 is 0 Å². The van der Waals surface area contributed by atoms with E-state index in [1.807, 2.05) is 30.1 Å². The van der Waals surface area contributed by atoms with Crippen molar-refractivity contribution in [1.29, 1.82) is 0 Å². The number of halogens is 1. The molecule has 0 fully saturated rings. The summed E-state index contributed by atoms with van der Waals surface area (Å²) in [4.78, 5) is 1.92. The fraction of sp³-hybridized carbons (Fsp3) is 0.364. The summed E-state index contributed by atoms with van der Waals surface area (Å²) in [6.07, 6.45) is 0. The summed E-state index contributed by atoms with van der Waals surface area (Å²) in [5.74, 6) is 0.774. The Balaban J connectivity index is 2.33. The molecule has 16 heavy (non-hydrogen) atoms. The predicted octanol–water partition coefficient (Wildman–Crippen LogP) is 2.15. The minimum atomic E-state index is 0.568. The fourth-order valence-corrected chi connectivity index (χ4v) is 1.42. The molecule has 0 atom stereocenters. The highest BCUT2D eigenvalue weighted by Crippen LogP contribution is 2.16. The first-order valence-corrected chi connectivity index (χ1v) is 5.73. The maximum Gasteiger partial charge on any atom is 0.168 e. The van der Waals surface area contributed by atoms with E-state index in [2.05, 4.69) is 5.32 Å². The van der Waals surface area contributed by atoms with E-state index < -0.39 is 0 Å². The molecular weight excluding hydrogens is 244 g/mol. The molecule has 1 rings (SSSR count). The second-order valence-corrected chi connectivity index (χ2v) is 4.11. The Hall–Kier alpha value is -1.00. The van der Waals surface area contributed by atoms with Crippen molar-refractivity contribution in [2.45, 2.75) is 0 Å². The second kappa shape index (κ2) is 6.55. The van der Waals surface area contributed by atoms with Gasteiger partial charge in [-0.15, -0.1) is 0 Å². The molecule has 0 radical (unpaired) electrons. The molecule has 0 unspecified atom stereocenters. The van der Waals surface area contributed by atoms with E-state index in [9.17, 15) is 0 Å². The molecule has 0 aliphatic rings. The zero-order valence-electron chi connectivity index (χ0n) is 9.37. The third-order valence-electron chi connectivity index (χ3n) is 2.05. The van der Waals surface area contributed by atoms with Crippen LogP contribution in [0, 0.1) is 0 Å². The number of hydrogen-bond donors (Lipinski definition) is 1. The van der Waals surface area contributed by atoms with E-state index in [1.54, 1.807) is 13.1 Å². The molecule has 0 aliphatic heterocycles. The Bertz CT molecular complexity index is 360. The van der Waals surface area contributed by atoms with Crippen molar-refractivity contribution in [2.24, 2.45) is 0 Å². The maximum absolute atomic E-state index is 5.84. The molecule has 0 heterocycles. The molecule has 1 aromatic carbocycles. The second-order valence-electron chi connectivity index (χ2n) is 3.28. The Labute approximate surface area is 106 Å². The van der Waals surface area contributed by atoms with Gasteiger partial charge in [0.05, 0.1) is 6.54 Å². The molecule has 0 aliphatic carbocycles. The van der Waals surface area contributed by atoms with Gasteiger partial charge in [-0.05, 0) is 30.4 Å². The zero-order valence-corrected chi connectivity index (χ0v) is 10.9. The van der Waals surface area contributed by atoms with E-state index in [0.717, 1.165) is 12.3 Å². The normalized spacial score (nSPS) is 9.69. The highest BCUT2D eigenvalue weighted by Gasteiger charge is 2.01. The molecule has 0 amide bonds. The summed E-state index contributed by atoms with van der Waals surface area (Å²) in [7, 11) is 3.72. The van der Waals surface area contributed by atoms with Crippen molar-refractivity contribution in [3.8, 4) is 5.75 Å². The molecule has 5 heteroatoms. The first-order chi connectivity index (χ1) is 7.63. The minimum absolute atomic E-state index is 0.568. The Morgan fingerprint density at radius 1 is 1.56 bits per heavy atom. The van der Waals surface area contributed by atoms with Crippen LogP contribution in [0.2, 0.25) is 5.02 Å². The smallest absolute Gasteiger partial charge is 0.168 e. The van der Waals surface area contributed by atoms with Crippen LogP contribution in [-0.4, -0.2) is 37.3 Å². The summed E-state index contributed by atoms with van der Waals surface area (Å²) in [5.41, 5.74) is 0. The fourth-order valence-electron chi connectivity index (χ4n) is 1.15. The largest absolute Gasteiger partial charge is 0.492 e. The van der Waals surface area contributed by atoms with Crippen molar-refractivity contribution in [3.63, 3.8) is 0 Å². The van der Waals surface area contributed by atoms with Crippen LogP contribution in [0.5, 0.6) is 5.75 Å². The van der Waals surface area contributed by atoms with Gasteiger partial charge in [0.25, 0.3) is 0 Å².